The number of anilines is 1. The highest BCUT2D eigenvalue weighted by molar-refractivity contribution is 7.92. The van der Waals surface area contributed by atoms with E-state index in [1.807, 2.05) is 12.1 Å². The Hall–Kier alpha value is -2.83. The van der Waals surface area contributed by atoms with Gasteiger partial charge < -0.3 is 4.74 Å². The number of halogens is 1. The van der Waals surface area contributed by atoms with E-state index in [4.69, 9.17) is 16.3 Å². The summed E-state index contributed by atoms with van der Waals surface area (Å²) >= 11 is 6.05. The molecule has 7 heteroatoms. The zero-order valence-electron chi connectivity index (χ0n) is 17.8. The van der Waals surface area contributed by atoms with Crippen LogP contribution in [0.5, 0.6) is 5.75 Å². The molecule has 162 valence electrons. The molecule has 0 radical (unpaired) electrons. The van der Waals surface area contributed by atoms with E-state index in [0.29, 0.717) is 16.9 Å². The number of methoxy groups -OCH3 is 1. The number of sulfonamides is 1. The summed E-state index contributed by atoms with van der Waals surface area (Å²) < 4.78 is 33.0. The first kappa shape index (κ1) is 22.8. The van der Waals surface area contributed by atoms with Gasteiger partial charge in [-0.15, -0.1) is 0 Å². The topological polar surface area (TPSA) is 72.5 Å². The van der Waals surface area contributed by atoms with Crippen molar-refractivity contribution in [3.63, 3.8) is 0 Å². The lowest BCUT2D eigenvalue weighted by Crippen LogP contribution is -2.14. The first-order chi connectivity index (χ1) is 14.5. The van der Waals surface area contributed by atoms with E-state index in [1.54, 1.807) is 30.3 Å². The number of hydrogen-bond donors (Lipinski definition) is 1. The van der Waals surface area contributed by atoms with E-state index in [1.165, 1.54) is 31.4 Å². The average molecular weight is 458 g/mol. The summed E-state index contributed by atoms with van der Waals surface area (Å²) in [4.78, 5) is 12.9. The molecule has 3 aromatic carbocycles. The van der Waals surface area contributed by atoms with Gasteiger partial charge in [-0.1, -0.05) is 68.8 Å². The molecule has 3 rings (SSSR count). The van der Waals surface area contributed by atoms with E-state index in [2.05, 4.69) is 25.5 Å². The second-order valence-corrected chi connectivity index (χ2v) is 10.2. The fraction of sp³-hybridized carbons (Fsp3) is 0.208. The lowest BCUT2D eigenvalue weighted by atomic mass is 9.86. The van der Waals surface area contributed by atoms with Crippen molar-refractivity contribution in [2.24, 2.45) is 0 Å². The standard InChI is InChI=1S/C24H24ClNO4S/c1-24(2,3)18-10-8-16(9-11-18)23(27)17-6-5-7-19(14-17)26-31(28,29)20-12-13-22(30-4)21(25)15-20/h5-15,26H,1-4H3. The molecule has 0 aliphatic heterocycles. The van der Waals surface area contributed by atoms with Gasteiger partial charge in [0.2, 0.25) is 0 Å². The molecule has 1 N–H and O–H groups in total. The maximum absolute atomic E-state index is 12.9. The third-order valence-electron chi connectivity index (χ3n) is 4.82. The number of rotatable bonds is 6. The normalized spacial score (nSPS) is 11.8. The summed E-state index contributed by atoms with van der Waals surface area (Å²) in [5.41, 5.74) is 2.32. The van der Waals surface area contributed by atoms with Crippen LogP contribution in [0.25, 0.3) is 0 Å². The van der Waals surface area contributed by atoms with Crippen LogP contribution >= 0.6 is 11.6 Å². The van der Waals surface area contributed by atoms with Crippen LogP contribution in [0.15, 0.2) is 71.6 Å². The van der Waals surface area contributed by atoms with Gasteiger partial charge in [-0.2, -0.15) is 0 Å². The third-order valence-corrected chi connectivity index (χ3v) is 6.50. The molecule has 0 bridgehead atoms. The first-order valence-corrected chi connectivity index (χ1v) is 11.5. The summed E-state index contributed by atoms with van der Waals surface area (Å²) in [6.45, 7) is 6.32. The van der Waals surface area contributed by atoms with E-state index >= 15 is 0 Å². The Bertz CT molecular complexity index is 1210. The number of carbonyl (C=O) groups is 1. The van der Waals surface area contributed by atoms with E-state index < -0.39 is 10.0 Å². The van der Waals surface area contributed by atoms with Crippen molar-refractivity contribution < 1.29 is 17.9 Å². The van der Waals surface area contributed by atoms with Crippen LogP contribution in [0.3, 0.4) is 0 Å². The highest BCUT2D eigenvalue weighted by Crippen LogP contribution is 2.28. The molecule has 0 aliphatic carbocycles. The van der Waals surface area contributed by atoms with E-state index in [9.17, 15) is 13.2 Å². The SMILES string of the molecule is COc1ccc(S(=O)(=O)Nc2cccc(C(=O)c3ccc(C(C)(C)C)cc3)c2)cc1Cl. The predicted octanol–water partition coefficient (Wildman–Crippen LogP) is 5.68. The lowest BCUT2D eigenvalue weighted by molar-refractivity contribution is 0.103. The average Bonchev–Trinajstić information content (AvgIpc) is 2.72. The van der Waals surface area contributed by atoms with Crippen LogP contribution in [0.4, 0.5) is 5.69 Å². The highest BCUT2D eigenvalue weighted by atomic mass is 35.5. The van der Waals surface area contributed by atoms with Crippen LogP contribution in [-0.2, 0) is 15.4 Å². The van der Waals surface area contributed by atoms with Gasteiger partial charge in [-0.3, -0.25) is 9.52 Å². The smallest absolute Gasteiger partial charge is 0.261 e. The van der Waals surface area contributed by atoms with Crippen LogP contribution in [0.1, 0.15) is 42.3 Å². The minimum atomic E-state index is -3.89. The van der Waals surface area contributed by atoms with E-state index in [0.717, 1.165) is 5.56 Å². The molecule has 0 aromatic heterocycles. The van der Waals surface area contributed by atoms with Gasteiger partial charge in [0.15, 0.2) is 5.78 Å². The molecule has 5 nitrogen and oxygen atoms in total. The monoisotopic (exact) mass is 457 g/mol. The fourth-order valence-electron chi connectivity index (χ4n) is 3.04. The molecule has 3 aromatic rings. The van der Waals surface area contributed by atoms with E-state index in [-0.39, 0.29) is 26.8 Å². The Labute approximate surface area is 188 Å². The van der Waals surface area contributed by atoms with Gasteiger partial charge in [0.05, 0.1) is 17.0 Å². The zero-order chi connectivity index (χ0) is 22.8. The molecule has 0 amide bonds. The van der Waals surface area contributed by atoms with Gasteiger partial charge in [0, 0.05) is 16.8 Å². The van der Waals surface area contributed by atoms with Crippen molar-refractivity contribution in [1.82, 2.24) is 0 Å². The van der Waals surface area contributed by atoms with Gasteiger partial charge in [0.1, 0.15) is 5.75 Å². The molecule has 0 aliphatic rings. The molecule has 0 saturated carbocycles. The first-order valence-electron chi connectivity index (χ1n) is 9.63. The Morgan fingerprint density at radius 3 is 2.19 bits per heavy atom. The second-order valence-electron chi connectivity index (χ2n) is 8.14. The van der Waals surface area contributed by atoms with Crippen molar-refractivity contribution in [1.29, 1.82) is 0 Å². The zero-order valence-corrected chi connectivity index (χ0v) is 19.3. The maximum Gasteiger partial charge on any atom is 0.261 e. The molecule has 0 spiro atoms. The minimum Gasteiger partial charge on any atom is -0.495 e. The molecule has 31 heavy (non-hydrogen) atoms. The summed E-state index contributed by atoms with van der Waals surface area (Å²) in [6.07, 6.45) is 0. The predicted molar refractivity (Wildman–Crippen MR) is 124 cm³/mol. The molecule has 0 unspecified atom stereocenters. The summed E-state index contributed by atoms with van der Waals surface area (Å²) in [5, 5.41) is 0.188. The van der Waals surface area contributed by atoms with Crippen LogP contribution < -0.4 is 9.46 Å². The number of ketones is 1. The van der Waals surface area contributed by atoms with Crippen molar-refractivity contribution in [2.75, 3.05) is 11.8 Å². The molecular formula is C24H24ClNO4S. The third kappa shape index (κ3) is 5.27. The summed E-state index contributed by atoms with van der Waals surface area (Å²) in [6, 6.07) is 18.0. The van der Waals surface area contributed by atoms with Crippen LogP contribution in [0, 0.1) is 0 Å². The van der Waals surface area contributed by atoms with Gasteiger partial charge >= 0.3 is 0 Å². The molecule has 0 heterocycles. The molecule has 0 fully saturated rings. The Kier molecular flexibility index (Phi) is 6.43. The number of ether oxygens (including phenoxy) is 1. The number of benzene rings is 3. The Morgan fingerprint density at radius 1 is 0.935 bits per heavy atom. The summed E-state index contributed by atoms with van der Waals surface area (Å²) in [5.74, 6) is 0.194. The maximum atomic E-state index is 12.9. The van der Waals surface area contributed by atoms with Gasteiger partial charge in [-0.05, 0) is 41.3 Å². The fourth-order valence-corrected chi connectivity index (χ4v) is 4.44. The number of carbonyl (C=O) groups excluding carboxylic acids is 1. The molecule has 0 atom stereocenters. The number of hydrogen-bond acceptors (Lipinski definition) is 4. The van der Waals surface area contributed by atoms with Gasteiger partial charge in [-0.25, -0.2) is 8.42 Å². The second kappa shape index (κ2) is 8.73. The van der Waals surface area contributed by atoms with Crippen molar-refractivity contribution >= 4 is 33.1 Å². The van der Waals surface area contributed by atoms with Crippen molar-refractivity contribution in [3.8, 4) is 5.75 Å². The van der Waals surface area contributed by atoms with Crippen molar-refractivity contribution in [2.45, 2.75) is 31.1 Å². The Morgan fingerprint density at radius 2 is 1.61 bits per heavy atom. The molecular weight excluding hydrogens is 434 g/mol. The lowest BCUT2D eigenvalue weighted by Gasteiger charge is -2.19. The molecule has 0 saturated heterocycles. The minimum absolute atomic E-state index is 0.00667. The van der Waals surface area contributed by atoms with Crippen molar-refractivity contribution in [3.05, 3.63) is 88.4 Å². The quantitative estimate of drug-likeness (QED) is 0.483. The number of nitrogens with one attached hydrogen (secondary N) is 1. The van der Waals surface area contributed by atoms with Crippen LogP contribution in [0.2, 0.25) is 5.02 Å². The highest BCUT2D eigenvalue weighted by Gasteiger charge is 2.18. The Balaban J connectivity index is 1.84. The summed E-state index contributed by atoms with van der Waals surface area (Å²) in [7, 11) is -2.44. The largest absolute Gasteiger partial charge is 0.495 e. The van der Waals surface area contributed by atoms with Crippen LogP contribution in [-0.4, -0.2) is 21.3 Å². The van der Waals surface area contributed by atoms with Gasteiger partial charge in [0.25, 0.3) is 10.0 Å².